The zero-order valence-electron chi connectivity index (χ0n) is 18.7. The molecule has 1 saturated heterocycles. The molecule has 1 amide bonds. The highest BCUT2D eigenvalue weighted by Gasteiger charge is 2.31. The molecule has 4 rings (SSSR count). The third-order valence-electron chi connectivity index (χ3n) is 5.72. The average molecular weight is 474 g/mol. The molecule has 3 aromatic carbocycles. The topological polar surface area (TPSA) is 51.2 Å². The maximum Gasteiger partial charge on any atom is 0.573 e. The molecule has 0 aromatic heterocycles. The predicted octanol–water partition coefficient (Wildman–Crippen LogP) is 5.20. The summed E-state index contributed by atoms with van der Waals surface area (Å²) in [7, 11) is 1.66. The van der Waals surface area contributed by atoms with Gasteiger partial charge in [0.25, 0.3) is 0 Å². The van der Waals surface area contributed by atoms with Crippen molar-refractivity contribution in [3.63, 3.8) is 0 Å². The molecule has 9 heteroatoms. The molecular formula is C25H25F3N2O4. The molecule has 1 aliphatic rings. The highest BCUT2D eigenvalue weighted by molar-refractivity contribution is 5.87. The summed E-state index contributed by atoms with van der Waals surface area (Å²) in [5.74, 6) is 0.482. The van der Waals surface area contributed by atoms with Crippen molar-refractivity contribution in [2.75, 3.05) is 33.3 Å². The van der Waals surface area contributed by atoms with Gasteiger partial charge in [-0.3, -0.25) is 4.90 Å². The van der Waals surface area contributed by atoms with Crippen molar-refractivity contribution in [3.05, 3.63) is 71.8 Å². The number of hydrogen-bond donors (Lipinski definition) is 0. The van der Waals surface area contributed by atoms with Crippen LogP contribution in [0.1, 0.15) is 11.1 Å². The number of piperazine rings is 1. The number of ether oxygens (including phenoxy) is 3. The summed E-state index contributed by atoms with van der Waals surface area (Å²) in [4.78, 5) is 16.3. The number of hydrogen-bond acceptors (Lipinski definition) is 5. The monoisotopic (exact) mass is 474 g/mol. The Balaban J connectivity index is 1.31. The van der Waals surface area contributed by atoms with Gasteiger partial charge >= 0.3 is 12.5 Å². The Bertz CT molecular complexity index is 1140. The number of nitrogens with zero attached hydrogens (tertiary/aromatic N) is 2. The minimum Gasteiger partial charge on any atom is -0.496 e. The molecule has 0 aliphatic carbocycles. The van der Waals surface area contributed by atoms with E-state index in [4.69, 9.17) is 9.47 Å². The number of fused-ring (bicyclic) bond motifs is 1. The van der Waals surface area contributed by atoms with Crippen LogP contribution in [0.5, 0.6) is 11.5 Å². The molecule has 1 aliphatic heterocycles. The number of carbonyl (C=O) groups is 1. The van der Waals surface area contributed by atoms with Crippen LogP contribution in [-0.4, -0.2) is 55.5 Å². The summed E-state index contributed by atoms with van der Waals surface area (Å²) >= 11 is 0. The zero-order valence-corrected chi connectivity index (χ0v) is 18.7. The Kier molecular flexibility index (Phi) is 7.12. The first-order valence-corrected chi connectivity index (χ1v) is 10.9. The fourth-order valence-corrected chi connectivity index (χ4v) is 4.05. The fraction of sp³-hybridized carbons (Fsp3) is 0.320. The van der Waals surface area contributed by atoms with Crippen LogP contribution in [0.15, 0.2) is 60.7 Å². The van der Waals surface area contributed by atoms with Gasteiger partial charge in [0.1, 0.15) is 18.1 Å². The van der Waals surface area contributed by atoms with Crippen LogP contribution in [0.25, 0.3) is 10.8 Å². The van der Waals surface area contributed by atoms with E-state index in [0.29, 0.717) is 38.3 Å². The van der Waals surface area contributed by atoms with Crippen LogP contribution < -0.4 is 9.47 Å². The van der Waals surface area contributed by atoms with Crippen molar-refractivity contribution in [1.29, 1.82) is 0 Å². The first-order valence-electron chi connectivity index (χ1n) is 10.9. The smallest absolute Gasteiger partial charge is 0.496 e. The van der Waals surface area contributed by atoms with Gasteiger partial charge in [0.05, 0.1) is 7.11 Å². The van der Waals surface area contributed by atoms with Gasteiger partial charge in [-0.15, -0.1) is 13.2 Å². The van der Waals surface area contributed by atoms with E-state index in [0.717, 1.165) is 22.1 Å². The number of amides is 1. The van der Waals surface area contributed by atoms with Crippen LogP contribution in [0.3, 0.4) is 0 Å². The maximum absolute atomic E-state index is 12.5. The van der Waals surface area contributed by atoms with Gasteiger partial charge in [-0.2, -0.15) is 0 Å². The van der Waals surface area contributed by atoms with Crippen molar-refractivity contribution in [2.24, 2.45) is 0 Å². The second-order valence-electron chi connectivity index (χ2n) is 7.98. The SMILES string of the molecule is COc1ccc2ccccc2c1CN1CCN(C(=O)OCc2cccc(OC(F)(F)F)c2)CC1. The lowest BCUT2D eigenvalue weighted by Gasteiger charge is -2.34. The van der Waals surface area contributed by atoms with Gasteiger partial charge in [-0.1, -0.05) is 42.5 Å². The number of halogens is 3. The van der Waals surface area contributed by atoms with E-state index in [1.165, 1.54) is 18.2 Å². The van der Waals surface area contributed by atoms with Gasteiger partial charge in [-0.05, 0) is 34.5 Å². The van der Waals surface area contributed by atoms with E-state index in [2.05, 4.69) is 21.8 Å². The lowest BCUT2D eigenvalue weighted by Crippen LogP contribution is -2.48. The van der Waals surface area contributed by atoms with E-state index in [1.54, 1.807) is 18.1 Å². The van der Waals surface area contributed by atoms with E-state index in [9.17, 15) is 18.0 Å². The summed E-state index contributed by atoms with van der Waals surface area (Å²) in [6, 6.07) is 17.6. The second kappa shape index (κ2) is 10.2. The molecule has 1 fully saturated rings. The quantitative estimate of drug-likeness (QED) is 0.492. The molecule has 0 spiro atoms. The molecule has 34 heavy (non-hydrogen) atoms. The van der Waals surface area contributed by atoms with E-state index in [-0.39, 0.29) is 12.4 Å². The molecule has 180 valence electrons. The third kappa shape index (κ3) is 5.91. The van der Waals surface area contributed by atoms with Crippen LogP contribution in [0.2, 0.25) is 0 Å². The van der Waals surface area contributed by atoms with Gasteiger partial charge in [0.2, 0.25) is 0 Å². The van der Waals surface area contributed by atoms with Crippen LogP contribution in [0, 0.1) is 0 Å². The maximum atomic E-state index is 12.5. The molecule has 0 unspecified atom stereocenters. The normalized spacial score (nSPS) is 14.8. The van der Waals surface area contributed by atoms with Gasteiger partial charge in [-0.25, -0.2) is 4.79 Å². The van der Waals surface area contributed by atoms with Crippen LogP contribution >= 0.6 is 0 Å². The average Bonchev–Trinajstić information content (AvgIpc) is 2.82. The number of benzene rings is 3. The minimum absolute atomic E-state index is 0.138. The van der Waals surface area contributed by atoms with Crippen LogP contribution in [0.4, 0.5) is 18.0 Å². The molecule has 6 nitrogen and oxygen atoms in total. The summed E-state index contributed by atoms with van der Waals surface area (Å²) in [5, 5.41) is 2.28. The van der Waals surface area contributed by atoms with Gasteiger partial charge in [0, 0.05) is 38.3 Å². The lowest BCUT2D eigenvalue weighted by atomic mass is 10.0. The van der Waals surface area contributed by atoms with E-state index in [1.807, 2.05) is 24.3 Å². The van der Waals surface area contributed by atoms with Crippen LogP contribution in [-0.2, 0) is 17.9 Å². The Morgan fingerprint density at radius 3 is 2.47 bits per heavy atom. The number of alkyl halides is 3. The molecular weight excluding hydrogens is 449 g/mol. The third-order valence-corrected chi connectivity index (χ3v) is 5.72. The van der Waals surface area contributed by atoms with E-state index < -0.39 is 12.5 Å². The highest BCUT2D eigenvalue weighted by atomic mass is 19.4. The molecule has 3 aromatic rings. The number of methoxy groups -OCH3 is 1. The van der Waals surface area contributed by atoms with Crippen molar-refractivity contribution >= 4 is 16.9 Å². The Morgan fingerprint density at radius 1 is 0.971 bits per heavy atom. The summed E-state index contributed by atoms with van der Waals surface area (Å²) in [5.41, 5.74) is 1.52. The molecule has 0 N–H and O–H groups in total. The van der Waals surface area contributed by atoms with Crippen molar-refractivity contribution in [3.8, 4) is 11.5 Å². The molecule has 0 atom stereocenters. The minimum atomic E-state index is -4.77. The molecule has 1 heterocycles. The Labute approximate surface area is 195 Å². The Hall–Kier alpha value is -3.46. The predicted molar refractivity (Wildman–Crippen MR) is 121 cm³/mol. The Morgan fingerprint density at radius 2 is 1.74 bits per heavy atom. The van der Waals surface area contributed by atoms with Crippen molar-refractivity contribution in [2.45, 2.75) is 19.5 Å². The standard InChI is InChI=1S/C25H25F3N2O4/c1-32-23-10-9-19-6-2-3-8-21(19)22(23)16-29-11-13-30(14-12-29)24(31)33-17-18-5-4-7-20(15-18)34-25(26,27)28/h2-10,15H,11-14,16-17H2,1H3. The lowest BCUT2D eigenvalue weighted by molar-refractivity contribution is -0.274. The summed E-state index contributed by atoms with van der Waals surface area (Å²) < 4.78 is 52.0. The van der Waals surface area contributed by atoms with Gasteiger partial charge in [0.15, 0.2) is 0 Å². The van der Waals surface area contributed by atoms with Gasteiger partial charge < -0.3 is 19.1 Å². The first-order chi connectivity index (χ1) is 16.3. The molecule has 0 bridgehead atoms. The van der Waals surface area contributed by atoms with E-state index >= 15 is 0 Å². The summed E-state index contributed by atoms with van der Waals surface area (Å²) in [6.45, 7) is 2.86. The zero-order chi connectivity index (χ0) is 24.1. The number of rotatable bonds is 6. The first kappa shape index (κ1) is 23.7. The molecule has 0 saturated carbocycles. The van der Waals surface area contributed by atoms with Crippen molar-refractivity contribution in [1.82, 2.24) is 9.80 Å². The number of carbonyl (C=O) groups excluding carboxylic acids is 1. The molecule has 0 radical (unpaired) electrons. The highest BCUT2D eigenvalue weighted by Crippen LogP contribution is 2.29. The second-order valence-corrected chi connectivity index (χ2v) is 7.98. The fourth-order valence-electron chi connectivity index (χ4n) is 4.05. The largest absolute Gasteiger partial charge is 0.573 e. The van der Waals surface area contributed by atoms with Crippen molar-refractivity contribution < 1.29 is 32.2 Å². The summed E-state index contributed by atoms with van der Waals surface area (Å²) in [6.07, 6.45) is -5.27.